The monoisotopic (exact) mass is 530 g/mol. The number of H-pyrrole nitrogens is 2. The summed E-state index contributed by atoms with van der Waals surface area (Å²) in [6, 6.07) is 20.5. The first-order chi connectivity index (χ1) is 18.9. The van der Waals surface area contributed by atoms with Gasteiger partial charge in [-0.1, -0.05) is 36.4 Å². The number of hydrogen-bond acceptors (Lipinski definition) is 4. The smallest absolute Gasteiger partial charge is 0.323 e. The van der Waals surface area contributed by atoms with Crippen molar-refractivity contribution in [3.05, 3.63) is 134 Å². The molecule has 0 saturated heterocycles. The number of fused-ring (bicyclic) bond motifs is 1. The lowest BCUT2D eigenvalue weighted by molar-refractivity contribution is 0.0919. The molecule has 1 atom stereocenters. The topological polar surface area (TPSA) is 109 Å². The summed E-state index contributed by atoms with van der Waals surface area (Å²) in [5.41, 5.74) is 1.59. The SMILES string of the molecule is O=C(N[C@@H](COc1ccc2[nH]c(=O)[nH]c2c1)Cc1ccccc1)c1cccn(Cc2ccc(F)c(F)c2)c1=O. The summed E-state index contributed by atoms with van der Waals surface area (Å²) in [5, 5.41) is 2.89. The fourth-order valence-corrected chi connectivity index (χ4v) is 4.28. The van der Waals surface area contributed by atoms with Crippen LogP contribution in [0.25, 0.3) is 11.0 Å². The predicted molar refractivity (Wildman–Crippen MR) is 142 cm³/mol. The van der Waals surface area contributed by atoms with Gasteiger partial charge in [0.1, 0.15) is 17.9 Å². The van der Waals surface area contributed by atoms with Crippen LogP contribution in [0.3, 0.4) is 0 Å². The number of benzene rings is 3. The first kappa shape index (κ1) is 25.7. The summed E-state index contributed by atoms with van der Waals surface area (Å²) < 4.78 is 34.1. The number of ether oxygens (including phenoxy) is 1. The molecule has 39 heavy (non-hydrogen) atoms. The van der Waals surface area contributed by atoms with Crippen molar-refractivity contribution in [2.75, 3.05) is 6.61 Å². The molecule has 10 heteroatoms. The zero-order valence-electron chi connectivity index (χ0n) is 20.6. The number of nitrogens with zero attached hydrogens (tertiary/aromatic N) is 1. The van der Waals surface area contributed by atoms with Crippen LogP contribution in [0.4, 0.5) is 8.78 Å². The minimum absolute atomic E-state index is 0.0303. The highest BCUT2D eigenvalue weighted by Gasteiger charge is 2.19. The van der Waals surface area contributed by atoms with Crippen molar-refractivity contribution < 1.29 is 18.3 Å². The van der Waals surface area contributed by atoms with Gasteiger partial charge in [0.15, 0.2) is 11.6 Å². The Balaban J connectivity index is 1.34. The van der Waals surface area contributed by atoms with E-state index < -0.39 is 29.1 Å². The quantitative estimate of drug-likeness (QED) is 0.270. The van der Waals surface area contributed by atoms with E-state index in [0.29, 0.717) is 28.8 Å². The second-order valence-corrected chi connectivity index (χ2v) is 9.06. The molecule has 2 aromatic heterocycles. The third kappa shape index (κ3) is 6.12. The summed E-state index contributed by atoms with van der Waals surface area (Å²) in [5.74, 6) is -2.08. The third-order valence-corrected chi connectivity index (χ3v) is 6.20. The number of nitrogens with one attached hydrogen (secondary N) is 3. The first-order valence-electron chi connectivity index (χ1n) is 12.2. The van der Waals surface area contributed by atoms with Crippen LogP contribution in [0, 0.1) is 11.6 Å². The van der Waals surface area contributed by atoms with Crippen LogP contribution in [0.15, 0.2) is 94.6 Å². The molecule has 0 aliphatic rings. The Kier molecular flexibility index (Phi) is 7.35. The van der Waals surface area contributed by atoms with Crippen molar-refractivity contribution >= 4 is 16.9 Å². The number of amides is 1. The Labute approximate surface area is 220 Å². The maximum Gasteiger partial charge on any atom is 0.323 e. The Bertz CT molecular complexity index is 1740. The highest BCUT2D eigenvalue weighted by molar-refractivity contribution is 5.94. The Morgan fingerprint density at radius 1 is 0.872 bits per heavy atom. The number of pyridine rings is 1. The van der Waals surface area contributed by atoms with E-state index in [4.69, 9.17) is 4.74 Å². The highest BCUT2D eigenvalue weighted by Crippen LogP contribution is 2.17. The van der Waals surface area contributed by atoms with Crippen molar-refractivity contribution in [1.29, 1.82) is 0 Å². The molecule has 5 aromatic rings. The fourth-order valence-electron chi connectivity index (χ4n) is 4.28. The van der Waals surface area contributed by atoms with Crippen LogP contribution < -0.4 is 21.3 Å². The van der Waals surface area contributed by atoms with Gasteiger partial charge in [-0.2, -0.15) is 0 Å². The number of halogens is 2. The van der Waals surface area contributed by atoms with Crippen LogP contribution in [0.5, 0.6) is 5.75 Å². The minimum Gasteiger partial charge on any atom is -0.491 e. The second-order valence-electron chi connectivity index (χ2n) is 9.06. The van der Waals surface area contributed by atoms with Gasteiger partial charge in [-0.15, -0.1) is 0 Å². The molecular formula is C29H24F2N4O4. The van der Waals surface area contributed by atoms with Gasteiger partial charge >= 0.3 is 5.69 Å². The van der Waals surface area contributed by atoms with Crippen molar-refractivity contribution in [1.82, 2.24) is 19.9 Å². The van der Waals surface area contributed by atoms with Gasteiger partial charge in [-0.3, -0.25) is 9.59 Å². The van der Waals surface area contributed by atoms with E-state index in [9.17, 15) is 23.2 Å². The van der Waals surface area contributed by atoms with Crippen molar-refractivity contribution in [3.8, 4) is 5.75 Å². The molecule has 3 aromatic carbocycles. The van der Waals surface area contributed by atoms with E-state index in [1.807, 2.05) is 30.3 Å². The lowest BCUT2D eigenvalue weighted by Crippen LogP contribution is -2.43. The van der Waals surface area contributed by atoms with E-state index in [-0.39, 0.29) is 24.4 Å². The highest BCUT2D eigenvalue weighted by atomic mass is 19.2. The van der Waals surface area contributed by atoms with Gasteiger partial charge in [0.25, 0.3) is 11.5 Å². The molecule has 0 spiro atoms. The molecule has 0 unspecified atom stereocenters. The normalized spacial score (nSPS) is 11.8. The molecule has 0 saturated carbocycles. The van der Waals surface area contributed by atoms with Crippen LogP contribution >= 0.6 is 0 Å². The number of imidazole rings is 1. The molecule has 0 radical (unpaired) electrons. The van der Waals surface area contributed by atoms with Crippen LogP contribution in [0.2, 0.25) is 0 Å². The second kappa shape index (κ2) is 11.2. The van der Waals surface area contributed by atoms with Gasteiger partial charge in [-0.25, -0.2) is 13.6 Å². The summed E-state index contributed by atoms with van der Waals surface area (Å²) in [6.07, 6.45) is 1.91. The van der Waals surface area contributed by atoms with E-state index in [1.165, 1.54) is 22.9 Å². The van der Waals surface area contributed by atoms with Crippen LogP contribution in [-0.4, -0.2) is 33.1 Å². The number of aromatic amines is 2. The summed E-state index contributed by atoms with van der Waals surface area (Å²) in [7, 11) is 0. The Hall–Kier alpha value is -4.99. The van der Waals surface area contributed by atoms with E-state index >= 15 is 0 Å². The first-order valence-corrected chi connectivity index (χ1v) is 12.2. The van der Waals surface area contributed by atoms with Crippen molar-refractivity contribution in [2.45, 2.75) is 19.0 Å². The zero-order valence-corrected chi connectivity index (χ0v) is 20.6. The number of aromatic nitrogens is 3. The summed E-state index contributed by atoms with van der Waals surface area (Å²) >= 11 is 0. The van der Waals surface area contributed by atoms with Crippen LogP contribution in [0.1, 0.15) is 21.5 Å². The maximum atomic E-state index is 13.6. The average Bonchev–Trinajstić information content (AvgIpc) is 3.30. The number of hydrogen-bond donors (Lipinski definition) is 3. The zero-order chi connectivity index (χ0) is 27.4. The predicted octanol–water partition coefficient (Wildman–Crippen LogP) is 3.76. The average molecular weight is 531 g/mol. The van der Waals surface area contributed by atoms with Crippen LogP contribution in [-0.2, 0) is 13.0 Å². The lowest BCUT2D eigenvalue weighted by atomic mass is 10.1. The van der Waals surface area contributed by atoms with Gasteiger partial charge < -0.3 is 24.6 Å². The molecule has 0 aliphatic heterocycles. The van der Waals surface area contributed by atoms with Crippen molar-refractivity contribution in [3.63, 3.8) is 0 Å². The van der Waals surface area contributed by atoms with Gasteiger partial charge in [0, 0.05) is 12.3 Å². The molecular weight excluding hydrogens is 506 g/mol. The third-order valence-electron chi connectivity index (χ3n) is 6.20. The number of carbonyl (C=O) groups excluding carboxylic acids is 1. The molecule has 2 heterocycles. The summed E-state index contributed by atoms with van der Waals surface area (Å²) in [6.45, 7) is 0.0636. The lowest BCUT2D eigenvalue weighted by Gasteiger charge is -2.20. The molecule has 1 amide bonds. The standard InChI is InChI=1S/C29H24F2N4O4/c30-23-10-8-19(14-24(23)31)16-35-12-4-7-22(28(35)37)27(36)32-20(13-18-5-2-1-3-6-18)17-39-21-9-11-25-26(15-21)34-29(38)33-25/h1-12,14-15,20H,13,16-17H2,(H,32,36)(H2,33,34,38)/t20-/m1/s1. The van der Waals surface area contributed by atoms with Gasteiger partial charge in [-0.05, 0) is 53.9 Å². The molecule has 8 nitrogen and oxygen atoms in total. The minimum atomic E-state index is -1.01. The van der Waals surface area contributed by atoms with E-state index in [0.717, 1.165) is 17.7 Å². The fraction of sp³-hybridized carbons (Fsp3) is 0.138. The molecule has 5 rings (SSSR count). The number of carbonyl (C=O) groups is 1. The largest absolute Gasteiger partial charge is 0.491 e. The molecule has 0 bridgehead atoms. The van der Waals surface area contributed by atoms with Gasteiger partial charge in [0.2, 0.25) is 0 Å². The molecule has 0 fully saturated rings. The summed E-state index contributed by atoms with van der Waals surface area (Å²) in [4.78, 5) is 43.2. The molecule has 198 valence electrons. The van der Waals surface area contributed by atoms with E-state index in [2.05, 4.69) is 15.3 Å². The molecule has 3 N–H and O–H groups in total. The van der Waals surface area contributed by atoms with Gasteiger partial charge in [0.05, 0.1) is 23.6 Å². The van der Waals surface area contributed by atoms with Crippen molar-refractivity contribution in [2.24, 2.45) is 0 Å². The molecule has 0 aliphatic carbocycles. The number of rotatable bonds is 9. The maximum absolute atomic E-state index is 13.6. The van der Waals surface area contributed by atoms with E-state index in [1.54, 1.807) is 24.3 Å². The Morgan fingerprint density at radius 3 is 2.46 bits per heavy atom. The Morgan fingerprint density at radius 2 is 1.67 bits per heavy atom.